The Hall–Kier alpha value is -1.22. The van der Waals surface area contributed by atoms with Gasteiger partial charge in [0.15, 0.2) is 0 Å². The Kier molecular flexibility index (Phi) is 4.62. The Labute approximate surface area is 98.2 Å². The molecular weight excluding hydrogens is 200 g/mol. The average molecular weight is 222 g/mol. The van der Waals surface area contributed by atoms with Gasteiger partial charge in [-0.15, -0.1) is 0 Å². The summed E-state index contributed by atoms with van der Waals surface area (Å²) in [6.45, 7) is 8.35. The summed E-state index contributed by atoms with van der Waals surface area (Å²) >= 11 is 0. The van der Waals surface area contributed by atoms with Crippen molar-refractivity contribution in [2.75, 3.05) is 25.5 Å². The normalized spacial score (nSPS) is 11.2. The number of ether oxygens (including phenoxy) is 1. The van der Waals surface area contributed by atoms with E-state index in [1.54, 1.807) is 7.11 Å². The van der Waals surface area contributed by atoms with E-state index in [1.165, 1.54) is 0 Å². The maximum Gasteiger partial charge on any atom is 0.120 e. The first-order valence-electron chi connectivity index (χ1n) is 5.64. The lowest BCUT2D eigenvalue weighted by molar-refractivity contribution is 0.415. The van der Waals surface area contributed by atoms with Crippen LogP contribution >= 0.6 is 0 Å². The molecule has 0 aliphatic rings. The van der Waals surface area contributed by atoms with Crippen molar-refractivity contribution in [1.82, 2.24) is 5.32 Å². The fraction of sp³-hybridized carbons (Fsp3) is 0.538. The molecule has 0 aliphatic carbocycles. The summed E-state index contributed by atoms with van der Waals surface area (Å²) in [4.78, 5) is 0. The molecule has 0 unspecified atom stereocenters. The van der Waals surface area contributed by atoms with Gasteiger partial charge >= 0.3 is 0 Å². The molecule has 3 heteroatoms. The molecule has 1 rings (SSSR count). The van der Waals surface area contributed by atoms with Gasteiger partial charge in [-0.25, -0.2) is 0 Å². The topological polar surface area (TPSA) is 33.3 Å². The van der Waals surface area contributed by atoms with E-state index >= 15 is 0 Å². The molecule has 90 valence electrons. The number of methoxy groups -OCH3 is 1. The number of hydrogen-bond acceptors (Lipinski definition) is 3. The van der Waals surface area contributed by atoms with E-state index in [0.29, 0.717) is 0 Å². The van der Waals surface area contributed by atoms with Crippen LogP contribution in [0.15, 0.2) is 24.3 Å². The third kappa shape index (κ3) is 5.03. The predicted octanol–water partition coefficient (Wildman–Crippen LogP) is 2.50. The van der Waals surface area contributed by atoms with Crippen LogP contribution in [0.5, 0.6) is 5.75 Å². The maximum atomic E-state index is 5.16. The lowest BCUT2D eigenvalue weighted by atomic mass is 10.1. The third-order valence-electron chi connectivity index (χ3n) is 2.18. The van der Waals surface area contributed by atoms with Crippen LogP contribution < -0.4 is 15.4 Å². The number of nitrogens with one attached hydrogen (secondary N) is 2. The summed E-state index contributed by atoms with van der Waals surface area (Å²) < 4.78 is 5.16. The molecule has 16 heavy (non-hydrogen) atoms. The molecule has 0 atom stereocenters. The Morgan fingerprint density at radius 3 is 2.56 bits per heavy atom. The second kappa shape index (κ2) is 5.75. The van der Waals surface area contributed by atoms with Gasteiger partial charge in [-0.2, -0.15) is 0 Å². The summed E-state index contributed by atoms with van der Waals surface area (Å²) in [5.74, 6) is 0.883. The smallest absolute Gasteiger partial charge is 0.120 e. The van der Waals surface area contributed by atoms with Crippen LogP contribution in [0.4, 0.5) is 5.69 Å². The van der Waals surface area contributed by atoms with Gasteiger partial charge in [-0.3, -0.25) is 0 Å². The van der Waals surface area contributed by atoms with Gasteiger partial charge in [0.05, 0.1) is 7.11 Å². The maximum absolute atomic E-state index is 5.16. The second-order valence-corrected chi connectivity index (χ2v) is 4.84. The van der Waals surface area contributed by atoms with Gasteiger partial charge < -0.3 is 15.4 Å². The van der Waals surface area contributed by atoms with Gasteiger partial charge in [-0.05, 0) is 32.9 Å². The van der Waals surface area contributed by atoms with E-state index in [-0.39, 0.29) is 5.54 Å². The monoisotopic (exact) mass is 222 g/mol. The molecule has 0 aliphatic heterocycles. The van der Waals surface area contributed by atoms with E-state index in [9.17, 15) is 0 Å². The van der Waals surface area contributed by atoms with Crippen LogP contribution in [0, 0.1) is 0 Å². The number of anilines is 1. The first-order valence-corrected chi connectivity index (χ1v) is 5.64. The van der Waals surface area contributed by atoms with Crippen LogP contribution in [0.3, 0.4) is 0 Å². The minimum absolute atomic E-state index is 0.177. The zero-order chi connectivity index (χ0) is 12.0. The Morgan fingerprint density at radius 2 is 1.94 bits per heavy atom. The lowest BCUT2D eigenvalue weighted by Crippen LogP contribution is -2.38. The van der Waals surface area contributed by atoms with Crippen LogP contribution in [0.1, 0.15) is 20.8 Å². The van der Waals surface area contributed by atoms with Crippen molar-refractivity contribution in [2.24, 2.45) is 0 Å². The van der Waals surface area contributed by atoms with Crippen LogP contribution in [-0.4, -0.2) is 25.7 Å². The van der Waals surface area contributed by atoms with Crippen LogP contribution in [0.25, 0.3) is 0 Å². The number of rotatable bonds is 5. The van der Waals surface area contributed by atoms with Gasteiger partial charge in [-0.1, -0.05) is 6.07 Å². The quantitative estimate of drug-likeness (QED) is 0.751. The van der Waals surface area contributed by atoms with Crippen molar-refractivity contribution in [3.8, 4) is 5.75 Å². The van der Waals surface area contributed by atoms with Gasteiger partial charge in [0, 0.05) is 30.4 Å². The largest absolute Gasteiger partial charge is 0.497 e. The Balaban J connectivity index is 2.32. The van der Waals surface area contributed by atoms with Crippen molar-refractivity contribution in [3.05, 3.63) is 24.3 Å². The minimum Gasteiger partial charge on any atom is -0.497 e. The van der Waals surface area contributed by atoms with Crippen molar-refractivity contribution in [2.45, 2.75) is 26.3 Å². The Morgan fingerprint density at radius 1 is 1.19 bits per heavy atom. The first-order chi connectivity index (χ1) is 7.51. The summed E-state index contributed by atoms with van der Waals surface area (Å²) in [6, 6.07) is 7.97. The SMILES string of the molecule is COc1cccc(NCCNC(C)(C)C)c1. The highest BCUT2D eigenvalue weighted by atomic mass is 16.5. The standard InChI is InChI=1S/C13H22N2O/c1-13(2,3)15-9-8-14-11-6-5-7-12(10-11)16-4/h5-7,10,14-15H,8-9H2,1-4H3. The molecule has 0 radical (unpaired) electrons. The molecule has 3 nitrogen and oxygen atoms in total. The Bertz CT molecular complexity index is 318. The minimum atomic E-state index is 0.177. The lowest BCUT2D eigenvalue weighted by Gasteiger charge is -2.20. The van der Waals surface area contributed by atoms with Gasteiger partial charge in [0.2, 0.25) is 0 Å². The number of hydrogen-bond donors (Lipinski definition) is 2. The molecule has 0 amide bonds. The fourth-order valence-electron chi connectivity index (χ4n) is 1.38. The highest BCUT2D eigenvalue weighted by Crippen LogP contribution is 2.16. The molecule has 0 bridgehead atoms. The molecular formula is C13H22N2O. The molecule has 2 N–H and O–H groups in total. The summed E-state index contributed by atoms with van der Waals surface area (Å²) in [5, 5.41) is 6.78. The van der Waals surface area contributed by atoms with Crippen molar-refractivity contribution >= 4 is 5.69 Å². The number of benzene rings is 1. The van der Waals surface area contributed by atoms with E-state index in [0.717, 1.165) is 24.5 Å². The van der Waals surface area contributed by atoms with Gasteiger partial charge in [0.1, 0.15) is 5.75 Å². The van der Waals surface area contributed by atoms with Crippen molar-refractivity contribution in [1.29, 1.82) is 0 Å². The summed E-state index contributed by atoms with van der Waals surface area (Å²) in [7, 11) is 1.68. The third-order valence-corrected chi connectivity index (χ3v) is 2.18. The average Bonchev–Trinajstić information content (AvgIpc) is 2.23. The molecule has 0 heterocycles. The molecule has 0 spiro atoms. The van der Waals surface area contributed by atoms with Crippen LogP contribution in [0.2, 0.25) is 0 Å². The zero-order valence-electron chi connectivity index (χ0n) is 10.6. The molecule has 1 aromatic carbocycles. The van der Waals surface area contributed by atoms with E-state index < -0.39 is 0 Å². The first kappa shape index (κ1) is 12.8. The van der Waals surface area contributed by atoms with Gasteiger partial charge in [0.25, 0.3) is 0 Å². The predicted molar refractivity (Wildman–Crippen MR) is 69.2 cm³/mol. The highest BCUT2D eigenvalue weighted by Gasteiger charge is 2.06. The summed E-state index contributed by atoms with van der Waals surface area (Å²) in [5.41, 5.74) is 1.27. The summed E-state index contributed by atoms with van der Waals surface area (Å²) in [6.07, 6.45) is 0. The van der Waals surface area contributed by atoms with Crippen molar-refractivity contribution < 1.29 is 4.74 Å². The van der Waals surface area contributed by atoms with E-state index in [4.69, 9.17) is 4.74 Å². The van der Waals surface area contributed by atoms with Crippen molar-refractivity contribution in [3.63, 3.8) is 0 Å². The molecule has 1 aromatic rings. The molecule has 0 saturated heterocycles. The zero-order valence-corrected chi connectivity index (χ0v) is 10.6. The van der Waals surface area contributed by atoms with E-state index in [2.05, 4.69) is 31.4 Å². The molecule has 0 aromatic heterocycles. The second-order valence-electron chi connectivity index (χ2n) is 4.84. The molecule has 0 saturated carbocycles. The van der Waals surface area contributed by atoms with E-state index in [1.807, 2.05) is 24.3 Å². The highest BCUT2D eigenvalue weighted by molar-refractivity contribution is 5.48. The fourth-order valence-corrected chi connectivity index (χ4v) is 1.38. The van der Waals surface area contributed by atoms with Crippen LogP contribution in [-0.2, 0) is 0 Å². The molecule has 0 fully saturated rings.